The van der Waals surface area contributed by atoms with Crippen molar-refractivity contribution in [2.75, 3.05) is 57.8 Å². The Balaban J connectivity index is 1.52. The molecule has 1 atom stereocenters. The van der Waals surface area contributed by atoms with E-state index in [-0.39, 0.29) is 24.2 Å². The van der Waals surface area contributed by atoms with Crippen LogP contribution in [-0.4, -0.2) is 69.6 Å². The van der Waals surface area contributed by atoms with E-state index in [0.29, 0.717) is 18.8 Å². The Morgan fingerprint density at radius 2 is 2.08 bits per heavy atom. The highest BCUT2D eigenvalue weighted by Crippen LogP contribution is 2.32. The van der Waals surface area contributed by atoms with Gasteiger partial charge in [-0.1, -0.05) is 12.1 Å². The summed E-state index contributed by atoms with van der Waals surface area (Å²) in [6, 6.07) is 7.40. The Morgan fingerprint density at radius 1 is 1.32 bits per heavy atom. The summed E-state index contributed by atoms with van der Waals surface area (Å²) in [6.07, 6.45) is 0.248. The first-order valence-corrected chi connectivity index (χ1v) is 8.83. The van der Waals surface area contributed by atoms with Crippen molar-refractivity contribution >= 4 is 17.5 Å². The number of methoxy groups -OCH3 is 1. The minimum atomic E-state index is -0.305. The lowest BCUT2D eigenvalue weighted by molar-refractivity contribution is -0.126. The fourth-order valence-corrected chi connectivity index (χ4v) is 3.39. The predicted molar refractivity (Wildman–Crippen MR) is 95.8 cm³/mol. The number of amides is 2. The second-order valence-electron chi connectivity index (χ2n) is 6.46. The van der Waals surface area contributed by atoms with Crippen LogP contribution >= 0.6 is 0 Å². The molecule has 0 saturated carbocycles. The van der Waals surface area contributed by atoms with Crippen LogP contribution in [0.3, 0.4) is 0 Å². The SMILES string of the molecule is COc1ccccc1N1CC(C(=O)NCCN2CCNCC2)CC1=O. The van der Waals surface area contributed by atoms with Gasteiger partial charge in [0.25, 0.3) is 0 Å². The van der Waals surface area contributed by atoms with Crippen LogP contribution in [0.1, 0.15) is 6.42 Å². The van der Waals surface area contributed by atoms with Crippen LogP contribution in [0.5, 0.6) is 5.75 Å². The van der Waals surface area contributed by atoms with Crippen LogP contribution in [0, 0.1) is 5.92 Å². The Bertz CT molecular complexity index is 616. The molecule has 2 amide bonds. The molecule has 25 heavy (non-hydrogen) atoms. The van der Waals surface area contributed by atoms with Gasteiger partial charge in [-0.05, 0) is 12.1 Å². The van der Waals surface area contributed by atoms with Crippen LogP contribution < -0.4 is 20.3 Å². The largest absolute Gasteiger partial charge is 0.495 e. The molecule has 1 unspecified atom stereocenters. The molecule has 7 heteroatoms. The summed E-state index contributed by atoms with van der Waals surface area (Å²) in [5.41, 5.74) is 0.728. The molecular weight excluding hydrogens is 320 g/mol. The number of ether oxygens (including phenoxy) is 1. The number of piperazine rings is 1. The van der Waals surface area contributed by atoms with Crippen LogP contribution in [0.2, 0.25) is 0 Å². The number of rotatable bonds is 6. The third-order valence-electron chi connectivity index (χ3n) is 4.81. The molecule has 2 saturated heterocycles. The molecule has 2 fully saturated rings. The lowest BCUT2D eigenvalue weighted by atomic mass is 10.1. The molecule has 2 N–H and O–H groups in total. The third kappa shape index (κ3) is 4.29. The summed E-state index contributed by atoms with van der Waals surface area (Å²) in [6.45, 7) is 5.90. The van der Waals surface area contributed by atoms with Gasteiger partial charge in [-0.25, -0.2) is 0 Å². The standard InChI is InChI=1S/C18H26N4O3/c1-25-16-5-3-2-4-15(16)22-13-14(12-17(22)23)18(24)20-8-11-21-9-6-19-7-10-21/h2-5,14,19H,6-13H2,1H3,(H,20,24). The van der Waals surface area contributed by atoms with E-state index in [4.69, 9.17) is 4.74 Å². The second kappa shape index (κ2) is 8.31. The molecule has 0 radical (unpaired) electrons. The number of nitrogens with one attached hydrogen (secondary N) is 2. The van der Waals surface area contributed by atoms with Crippen molar-refractivity contribution in [3.8, 4) is 5.75 Å². The summed E-state index contributed by atoms with van der Waals surface area (Å²) in [4.78, 5) is 28.7. The first kappa shape index (κ1) is 17.7. The number of para-hydroxylation sites is 2. The zero-order valence-electron chi connectivity index (χ0n) is 14.7. The van der Waals surface area contributed by atoms with Crippen LogP contribution in [0.15, 0.2) is 24.3 Å². The van der Waals surface area contributed by atoms with Gasteiger partial charge < -0.3 is 20.3 Å². The summed E-state index contributed by atoms with van der Waals surface area (Å²) in [7, 11) is 1.58. The summed E-state index contributed by atoms with van der Waals surface area (Å²) < 4.78 is 5.33. The van der Waals surface area contributed by atoms with Gasteiger partial charge in [-0.2, -0.15) is 0 Å². The number of carbonyl (C=O) groups excluding carboxylic acids is 2. The van der Waals surface area contributed by atoms with E-state index in [0.717, 1.165) is 38.4 Å². The van der Waals surface area contributed by atoms with Crippen molar-refractivity contribution < 1.29 is 14.3 Å². The molecule has 3 rings (SSSR count). The molecule has 0 aliphatic carbocycles. The van der Waals surface area contributed by atoms with Crippen LogP contribution in [0.25, 0.3) is 0 Å². The maximum Gasteiger partial charge on any atom is 0.227 e. The topological polar surface area (TPSA) is 73.9 Å². The van der Waals surface area contributed by atoms with Gasteiger partial charge in [0.15, 0.2) is 0 Å². The van der Waals surface area contributed by atoms with Gasteiger partial charge in [-0.15, -0.1) is 0 Å². The average molecular weight is 346 g/mol. The Hall–Kier alpha value is -2.12. The monoisotopic (exact) mass is 346 g/mol. The fraction of sp³-hybridized carbons (Fsp3) is 0.556. The van der Waals surface area contributed by atoms with Gasteiger partial charge >= 0.3 is 0 Å². The number of anilines is 1. The summed E-state index contributed by atoms with van der Waals surface area (Å²) in [5.74, 6) is 0.267. The predicted octanol–water partition coefficient (Wildman–Crippen LogP) is 0.0695. The highest BCUT2D eigenvalue weighted by atomic mass is 16.5. The number of nitrogens with zero attached hydrogens (tertiary/aromatic N) is 2. The Morgan fingerprint density at radius 3 is 2.84 bits per heavy atom. The number of hydrogen-bond donors (Lipinski definition) is 2. The minimum Gasteiger partial charge on any atom is -0.495 e. The molecule has 2 heterocycles. The first-order chi connectivity index (χ1) is 12.2. The zero-order valence-corrected chi connectivity index (χ0v) is 14.7. The van der Waals surface area contributed by atoms with Crippen LogP contribution in [-0.2, 0) is 9.59 Å². The second-order valence-corrected chi connectivity index (χ2v) is 6.46. The zero-order chi connectivity index (χ0) is 17.6. The van der Waals surface area contributed by atoms with Gasteiger partial charge in [0.05, 0.1) is 18.7 Å². The van der Waals surface area contributed by atoms with Gasteiger partial charge in [0, 0.05) is 52.2 Å². The van der Waals surface area contributed by atoms with Gasteiger partial charge in [0.1, 0.15) is 5.75 Å². The summed E-state index contributed by atoms with van der Waals surface area (Å²) in [5, 5.41) is 6.29. The molecule has 0 bridgehead atoms. The molecule has 0 aromatic heterocycles. The average Bonchev–Trinajstić information content (AvgIpc) is 3.04. The van der Waals surface area contributed by atoms with E-state index < -0.39 is 0 Å². The van der Waals surface area contributed by atoms with Crippen molar-refractivity contribution in [1.29, 1.82) is 0 Å². The van der Waals surface area contributed by atoms with E-state index in [2.05, 4.69) is 15.5 Å². The van der Waals surface area contributed by atoms with Crippen molar-refractivity contribution in [2.45, 2.75) is 6.42 Å². The van der Waals surface area contributed by atoms with Crippen molar-refractivity contribution in [3.63, 3.8) is 0 Å². The number of carbonyl (C=O) groups is 2. The smallest absolute Gasteiger partial charge is 0.227 e. The Labute approximate surface area is 148 Å². The molecule has 2 aliphatic rings. The summed E-state index contributed by atoms with van der Waals surface area (Å²) >= 11 is 0. The maximum atomic E-state index is 12.4. The van der Waals surface area contributed by atoms with Gasteiger partial charge in [-0.3, -0.25) is 14.5 Å². The van der Waals surface area contributed by atoms with Crippen molar-refractivity contribution in [2.24, 2.45) is 5.92 Å². The van der Waals surface area contributed by atoms with E-state index >= 15 is 0 Å². The molecule has 2 aliphatic heterocycles. The highest BCUT2D eigenvalue weighted by molar-refractivity contribution is 6.01. The molecule has 1 aromatic rings. The molecule has 1 aromatic carbocycles. The highest BCUT2D eigenvalue weighted by Gasteiger charge is 2.36. The molecule has 0 spiro atoms. The number of hydrogen-bond acceptors (Lipinski definition) is 5. The maximum absolute atomic E-state index is 12.4. The van der Waals surface area contributed by atoms with Crippen molar-refractivity contribution in [3.05, 3.63) is 24.3 Å². The molecule has 136 valence electrons. The normalized spacial score (nSPS) is 21.4. The van der Waals surface area contributed by atoms with Crippen LogP contribution in [0.4, 0.5) is 5.69 Å². The van der Waals surface area contributed by atoms with E-state index in [1.807, 2.05) is 24.3 Å². The minimum absolute atomic E-state index is 0.0354. The van der Waals surface area contributed by atoms with E-state index in [1.165, 1.54) is 0 Å². The van der Waals surface area contributed by atoms with Gasteiger partial charge in [0.2, 0.25) is 11.8 Å². The third-order valence-corrected chi connectivity index (χ3v) is 4.81. The fourth-order valence-electron chi connectivity index (χ4n) is 3.39. The molecular formula is C18H26N4O3. The molecule has 7 nitrogen and oxygen atoms in total. The first-order valence-electron chi connectivity index (χ1n) is 8.83. The van der Waals surface area contributed by atoms with Crippen molar-refractivity contribution in [1.82, 2.24) is 15.5 Å². The van der Waals surface area contributed by atoms with E-state index in [9.17, 15) is 9.59 Å². The number of benzene rings is 1. The lowest BCUT2D eigenvalue weighted by Crippen LogP contribution is -2.46. The van der Waals surface area contributed by atoms with E-state index in [1.54, 1.807) is 12.0 Å². The Kier molecular flexibility index (Phi) is 5.88. The quantitative estimate of drug-likeness (QED) is 0.763. The lowest BCUT2D eigenvalue weighted by Gasteiger charge is -2.27.